The number of amides is 1. The van der Waals surface area contributed by atoms with Crippen LogP contribution in [0.4, 0.5) is 5.69 Å². The van der Waals surface area contributed by atoms with Crippen LogP contribution in [0.15, 0.2) is 54.7 Å². The molecule has 0 saturated carbocycles. The highest BCUT2D eigenvalue weighted by Crippen LogP contribution is 2.27. The highest BCUT2D eigenvalue weighted by Gasteiger charge is 2.19. The van der Waals surface area contributed by atoms with Gasteiger partial charge in [-0.1, -0.05) is 11.6 Å². The largest absolute Gasteiger partial charge is 0.495 e. The first-order valence-electron chi connectivity index (χ1n) is 8.85. The third-order valence-corrected chi connectivity index (χ3v) is 4.55. The number of nitrogens with one attached hydrogen (secondary N) is 1. The Hall–Kier alpha value is -3.32. The predicted molar refractivity (Wildman–Crippen MR) is 110 cm³/mol. The van der Waals surface area contributed by atoms with Gasteiger partial charge in [-0.05, 0) is 62.4 Å². The number of anilines is 1. The van der Waals surface area contributed by atoms with E-state index in [9.17, 15) is 9.59 Å². The van der Waals surface area contributed by atoms with Gasteiger partial charge in [-0.25, -0.2) is 9.48 Å². The number of ether oxygens (including phenoxy) is 2. The van der Waals surface area contributed by atoms with Gasteiger partial charge in [0.05, 0.1) is 23.4 Å². The molecule has 1 aromatic heterocycles. The molecule has 1 amide bonds. The highest BCUT2D eigenvalue weighted by molar-refractivity contribution is 6.32. The second kappa shape index (κ2) is 8.79. The number of halogens is 1. The first-order valence-corrected chi connectivity index (χ1v) is 9.23. The van der Waals surface area contributed by atoms with Gasteiger partial charge in [0, 0.05) is 17.6 Å². The predicted octanol–water partition coefficient (Wildman–Crippen LogP) is 4.03. The Bertz CT molecular complexity index is 1030. The highest BCUT2D eigenvalue weighted by atomic mass is 35.5. The van der Waals surface area contributed by atoms with Crippen LogP contribution >= 0.6 is 11.6 Å². The van der Waals surface area contributed by atoms with Gasteiger partial charge in [-0.2, -0.15) is 5.10 Å². The number of hydrogen-bond acceptors (Lipinski definition) is 5. The molecule has 150 valence electrons. The van der Waals surface area contributed by atoms with E-state index < -0.39 is 18.0 Å². The lowest BCUT2D eigenvalue weighted by molar-refractivity contribution is -0.123. The fourth-order valence-electron chi connectivity index (χ4n) is 2.65. The Kier molecular flexibility index (Phi) is 6.19. The van der Waals surface area contributed by atoms with E-state index in [-0.39, 0.29) is 0 Å². The molecule has 7 nitrogen and oxygen atoms in total. The maximum Gasteiger partial charge on any atom is 0.338 e. The molecule has 0 radical (unpaired) electrons. The maximum absolute atomic E-state index is 12.4. The zero-order valence-electron chi connectivity index (χ0n) is 16.2. The minimum atomic E-state index is -0.989. The molecule has 29 heavy (non-hydrogen) atoms. The fourth-order valence-corrected chi connectivity index (χ4v) is 2.91. The summed E-state index contributed by atoms with van der Waals surface area (Å²) in [6, 6.07) is 13.5. The zero-order chi connectivity index (χ0) is 21.0. The number of aryl methyl sites for hydroxylation is 1. The van der Waals surface area contributed by atoms with Crippen LogP contribution in [0.3, 0.4) is 0 Å². The van der Waals surface area contributed by atoms with Crippen LogP contribution in [0.2, 0.25) is 5.02 Å². The molecule has 0 unspecified atom stereocenters. The second-order valence-corrected chi connectivity index (χ2v) is 6.72. The number of nitrogens with zero attached hydrogens (tertiary/aromatic N) is 2. The fraction of sp³-hybridized carbons (Fsp3) is 0.190. The molecule has 2 aromatic carbocycles. The lowest BCUT2D eigenvalue weighted by Crippen LogP contribution is -2.30. The number of esters is 1. The van der Waals surface area contributed by atoms with Gasteiger partial charge in [-0.3, -0.25) is 4.79 Å². The van der Waals surface area contributed by atoms with Crippen molar-refractivity contribution in [2.45, 2.75) is 20.0 Å². The topological polar surface area (TPSA) is 82.5 Å². The van der Waals surface area contributed by atoms with Crippen LogP contribution in [0, 0.1) is 6.92 Å². The monoisotopic (exact) mass is 413 g/mol. The van der Waals surface area contributed by atoms with Gasteiger partial charge in [0.2, 0.25) is 0 Å². The average Bonchev–Trinajstić information content (AvgIpc) is 3.14. The molecular weight excluding hydrogens is 394 g/mol. The molecular formula is C21H20ClN3O4. The lowest BCUT2D eigenvalue weighted by atomic mass is 10.2. The van der Waals surface area contributed by atoms with E-state index in [0.29, 0.717) is 22.0 Å². The SMILES string of the molecule is COc1ccc(NC(=O)[C@@H](C)OC(=O)c2ccc(-n3nccc3C)cc2)cc1Cl. The number of benzene rings is 2. The van der Waals surface area contributed by atoms with E-state index >= 15 is 0 Å². The Morgan fingerprint density at radius 2 is 1.86 bits per heavy atom. The Balaban J connectivity index is 1.61. The number of carbonyl (C=O) groups is 2. The molecule has 0 bridgehead atoms. The van der Waals surface area contributed by atoms with Crippen LogP contribution in [0.5, 0.6) is 5.75 Å². The standard InChI is InChI=1S/C21H20ClN3O4/c1-13-10-11-23-25(13)17-7-4-15(5-8-17)21(27)29-14(2)20(26)24-16-6-9-19(28-3)18(22)12-16/h4-12,14H,1-3H3,(H,24,26)/t14-/m1/s1. The van der Waals surface area contributed by atoms with Crippen molar-refractivity contribution in [3.05, 3.63) is 71.0 Å². The van der Waals surface area contributed by atoms with Crippen molar-refractivity contribution < 1.29 is 19.1 Å². The van der Waals surface area contributed by atoms with Crippen molar-refractivity contribution in [2.24, 2.45) is 0 Å². The van der Waals surface area contributed by atoms with Crippen molar-refractivity contribution in [3.63, 3.8) is 0 Å². The third-order valence-electron chi connectivity index (χ3n) is 4.25. The van der Waals surface area contributed by atoms with Crippen molar-refractivity contribution in [3.8, 4) is 11.4 Å². The van der Waals surface area contributed by atoms with Crippen LogP contribution < -0.4 is 10.1 Å². The third kappa shape index (κ3) is 4.75. The van der Waals surface area contributed by atoms with Gasteiger partial charge in [0.25, 0.3) is 5.91 Å². The summed E-state index contributed by atoms with van der Waals surface area (Å²) in [5, 5.41) is 7.24. The molecule has 0 spiro atoms. The second-order valence-electron chi connectivity index (χ2n) is 6.32. The van der Waals surface area contributed by atoms with Crippen LogP contribution in [-0.2, 0) is 9.53 Å². The first-order chi connectivity index (χ1) is 13.9. The minimum Gasteiger partial charge on any atom is -0.495 e. The van der Waals surface area contributed by atoms with Gasteiger partial charge >= 0.3 is 5.97 Å². The van der Waals surface area contributed by atoms with Crippen LogP contribution in [-0.4, -0.2) is 34.9 Å². The quantitative estimate of drug-likeness (QED) is 0.617. The van der Waals surface area contributed by atoms with Gasteiger partial charge in [0.1, 0.15) is 5.75 Å². The van der Waals surface area contributed by atoms with Crippen molar-refractivity contribution in [1.29, 1.82) is 0 Å². The van der Waals surface area contributed by atoms with E-state index in [0.717, 1.165) is 11.4 Å². The summed E-state index contributed by atoms with van der Waals surface area (Å²) in [5.74, 6) is -0.564. The summed E-state index contributed by atoms with van der Waals surface area (Å²) in [4.78, 5) is 24.7. The molecule has 3 aromatic rings. The Labute approximate surface area is 173 Å². The van der Waals surface area contributed by atoms with Crippen LogP contribution in [0.25, 0.3) is 5.69 Å². The van der Waals surface area contributed by atoms with Gasteiger partial charge < -0.3 is 14.8 Å². The Morgan fingerprint density at radius 3 is 2.45 bits per heavy atom. The van der Waals surface area contributed by atoms with Crippen molar-refractivity contribution in [1.82, 2.24) is 9.78 Å². The molecule has 1 atom stereocenters. The summed E-state index contributed by atoms with van der Waals surface area (Å²) in [7, 11) is 1.50. The van der Waals surface area contributed by atoms with Crippen molar-refractivity contribution in [2.75, 3.05) is 12.4 Å². The molecule has 1 heterocycles. The number of rotatable bonds is 6. The summed E-state index contributed by atoms with van der Waals surface area (Å²) < 4.78 is 12.1. The summed E-state index contributed by atoms with van der Waals surface area (Å²) >= 11 is 6.05. The molecule has 0 saturated heterocycles. The van der Waals surface area contributed by atoms with Gasteiger partial charge in [-0.15, -0.1) is 0 Å². The molecule has 0 aliphatic heterocycles. The van der Waals surface area contributed by atoms with Crippen LogP contribution in [0.1, 0.15) is 23.0 Å². The number of methoxy groups -OCH3 is 1. The van der Waals surface area contributed by atoms with E-state index in [1.165, 1.54) is 14.0 Å². The Morgan fingerprint density at radius 1 is 1.14 bits per heavy atom. The molecule has 8 heteroatoms. The maximum atomic E-state index is 12.4. The summed E-state index contributed by atoms with van der Waals surface area (Å²) in [5.41, 5.74) is 2.61. The average molecular weight is 414 g/mol. The smallest absolute Gasteiger partial charge is 0.338 e. The number of carbonyl (C=O) groups excluding carboxylic acids is 2. The zero-order valence-corrected chi connectivity index (χ0v) is 16.9. The van der Waals surface area contributed by atoms with E-state index in [1.54, 1.807) is 53.3 Å². The van der Waals surface area contributed by atoms with Gasteiger partial charge in [0.15, 0.2) is 6.10 Å². The van der Waals surface area contributed by atoms with E-state index in [1.807, 2.05) is 13.0 Å². The number of hydrogen-bond donors (Lipinski definition) is 1. The molecule has 0 aliphatic rings. The first kappa shape index (κ1) is 20.4. The summed E-state index contributed by atoms with van der Waals surface area (Å²) in [6.07, 6.45) is 0.713. The summed E-state index contributed by atoms with van der Waals surface area (Å²) in [6.45, 7) is 3.44. The van der Waals surface area contributed by atoms with E-state index in [4.69, 9.17) is 21.1 Å². The number of aromatic nitrogens is 2. The molecule has 3 rings (SSSR count). The lowest BCUT2D eigenvalue weighted by Gasteiger charge is -2.14. The molecule has 0 fully saturated rings. The minimum absolute atomic E-state index is 0.339. The normalized spacial score (nSPS) is 11.6. The van der Waals surface area contributed by atoms with E-state index in [2.05, 4.69) is 10.4 Å². The van der Waals surface area contributed by atoms with Crippen molar-refractivity contribution >= 4 is 29.2 Å². The molecule has 1 N–H and O–H groups in total. The molecule has 0 aliphatic carbocycles.